The number of hydrogen-bond donors (Lipinski definition) is 3. The molecule has 0 atom stereocenters. The van der Waals surface area contributed by atoms with Crippen molar-refractivity contribution < 1.29 is 14.7 Å². The molecule has 0 unspecified atom stereocenters. The van der Waals surface area contributed by atoms with Gasteiger partial charge < -0.3 is 4.74 Å². The van der Waals surface area contributed by atoms with Crippen molar-refractivity contribution in [3.8, 4) is 0 Å². The highest BCUT2D eigenvalue weighted by Gasteiger charge is 2.14. The molecule has 0 heterocycles. The Hall–Kier alpha value is -0.810. The first-order valence-electron chi connectivity index (χ1n) is 2.84. The molecule has 0 fully saturated rings. The van der Waals surface area contributed by atoms with Crippen molar-refractivity contribution in [2.45, 2.75) is 26.4 Å². The van der Waals surface area contributed by atoms with E-state index in [1.165, 1.54) is 5.59 Å². The second kappa shape index (κ2) is 3.38. The number of hydrazine groups is 1. The molecule has 0 saturated carbocycles. The molecular formula is C5H12N2O3. The van der Waals surface area contributed by atoms with Crippen LogP contribution in [0.25, 0.3) is 0 Å². The third-order valence-corrected chi connectivity index (χ3v) is 0.557. The molecule has 0 aromatic heterocycles. The van der Waals surface area contributed by atoms with Crippen LogP contribution in [0, 0.1) is 0 Å². The fraction of sp³-hybridized carbons (Fsp3) is 0.800. The summed E-state index contributed by atoms with van der Waals surface area (Å²) in [7, 11) is 0. The summed E-state index contributed by atoms with van der Waals surface area (Å²) in [5.74, 6) is 0. The zero-order valence-corrected chi connectivity index (χ0v) is 6.26. The Kier molecular flexibility index (Phi) is 3.11. The number of ether oxygens (including phenoxy) is 1. The molecule has 10 heavy (non-hydrogen) atoms. The van der Waals surface area contributed by atoms with Crippen molar-refractivity contribution >= 4 is 6.09 Å². The molecule has 0 aliphatic carbocycles. The third-order valence-electron chi connectivity index (χ3n) is 0.557. The van der Waals surface area contributed by atoms with E-state index in [-0.39, 0.29) is 0 Å². The molecule has 0 saturated heterocycles. The molecule has 0 aliphatic rings. The lowest BCUT2D eigenvalue weighted by Gasteiger charge is -2.18. The van der Waals surface area contributed by atoms with Gasteiger partial charge in [-0.3, -0.25) is 5.21 Å². The van der Waals surface area contributed by atoms with Gasteiger partial charge in [-0.25, -0.2) is 10.2 Å². The van der Waals surface area contributed by atoms with Crippen molar-refractivity contribution in [1.29, 1.82) is 0 Å². The number of carbonyl (C=O) groups is 1. The lowest BCUT2D eigenvalue weighted by Crippen LogP contribution is -2.39. The summed E-state index contributed by atoms with van der Waals surface area (Å²) in [4.78, 5) is 10.5. The highest BCUT2D eigenvalue weighted by Crippen LogP contribution is 2.05. The van der Waals surface area contributed by atoms with Crippen molar-refractivity contribution in [1.82, 2.24) is 11.0 Å². The van der Waals surface area contributed by atoms with Gasteiger partial charge in [0.1, 0.15) is 5.60 Å². The van der Waals surface area contributed by atoms with E-state index in [9.17, 15) is 4.79 Å². The van der Waals surface area contributed by atoms with Gasteiger partial charge in [0, 0.05) is 0 Å². The number of amides is 1. The predicted molar refractivity (Wildman–Crippen MR) is 34.3 cm³/mol. The topological polar surface area (TPSA) is 70.6 Å². The van der Waals surface area contributed by atoms with Gasteiger partial charge in [-0.15, -0.1) is 5.59 Å². The van der Waals surface area contributed by atoms with Crippen molar-refractivity contribution in [2.75, 3.05) is 0 Å². The molecule has 0 aliphatic heterocycles. The first-order valence-corrected chi connectivity index (χ1v) is 2.84. The minimum absolute atomic E-state index is 0.541. The van der Waals surface area contributed by atoms with Gasteiger partial charge in [-0.2, -0.15) is 0 Å². The zero-order chi connectivity index (χ0) is 8.20. The standard InChI is InChI=1S/C5H12N2O3/c1-5(2,3)10-4(8)6-7-9/h7,9H,1-3H3,(H,6,8). The van der Waals surface area contributed by atoms with Crippen LogP contribution in [-0.4, -0.2) is 16.9 Å². The van der Waals surface area contributed by atoms with Gasteiger partial charge in [-0.1, -0.05) is 0 Å². The SMILES string of the molecule is CC(C)(C)OC(=O)NNO. The number of carbonyl (C=O) groups excluding carboxylic acids is 1. The summed E-state index contributed by atoms with van der Waals surface area (Å²) in [6.45, 7) is 5.18. The van der Waals surface area contributed by atoms with E-state index in [1.807, 2.05) is 5.43 Å². The second-order valence-electron chi connectivity index (χ2n) is 2.74. The van der Waals surface area contributed by atoms with Crippen molar-refractivity contribution in [3.63, 3.8) is 0 Å². The molecule has 0 spiro atoms. The molecule has 0 aromatic rings. The monoisotopic (exact) mass is 148 g/mol. The normalized spacial score (nSPS) is 10.8. The maximum atomic E-state index is 10.5. The maximum absolute atomic E-state index is 10.5. The minimum atomic E-state index is -0.713. The van der Waals surface area contributed by atoms with Crippen LogP contribution >= 0.6 is 0 Å². The summed E-state index contributed by atoms with van der Waals surface area (Å²) < 4.78 is 4.71. The van der Waals surface area contributed by atoms with Crippen LogP contribution in [0.4, 0.5) is 4.79 Å². The van der Waals surface area contributed by atoms with Gasteiger partial charge in [-0.05, 0) is 20.8 Å². The smallest absolute Gasteiger partial charge is 0.423 e. The Morgan fingerprint density at radius 3 is 2.30 bits per heavy atom. The fourth-order valence-corrected chi connectivity index (χ4v) is 0.349. The molecule has 60 valence electrons. The van der Waals surface area contributed by atoms with Crippen LogP contribution in [0.15, 0.2) is 0 Å². The highest BCUT2D eigenvalue weighted by molar-refractivity contribution is 5.66. The van der Waals surface area contributed by atoms with Crippen LogP contribution in [0.2, 0.25) is 0 Å². The Morgan fingerprint density at radius 1 is 1.50 bits per heavy atom. The van der Waals surface area contributed by atoms with Crippen LogP contribution in [-0.2, 0) is 4.74 Å². The Labute approximate surface area is 59.3 Å². The summed E-state index contributed by atoms with van der Waals surface area (Å²) in [5, 5.41) is 7.97. The number of rotatable bonds is 1. The molecule has 3 N–H and O–H groups in total. The fourth-order valence-electron chi connectivity index (χ4n) is 0.349. The summed E-state index contributed by atoms with van der Waals surface area (Å²) in [6, 6.07) is 0. The second-order valence-corrected chi connectivity index (χ2v) is 2.74. The van der Waals surface area contributed by atoms with E-state index < -0.39 is 11.7 Å². The van der Waals surface area contributed by atoms with Crippen LogP contribution in [0.5, 0.6) is 0 Å². The van der Waals surface area contributed by atoms with Gasteiger partial charge in [0.2, 0.25) is 0 Å². The average molecular weight is 148 g/mol. The van der Waals surface area contributed by atoms with Crippen LogP contribution in [0.1, 0.15) is 20.8 Å². The molecule has 1 amide bonds. The predicted octanol–water partition coefficient (Wildman–Crippen LogP) is 0.405. The summed E-state index contributed by atoms with van der Waals surface area (Å²) >= 11 is 0. The molecule has 0 bridgehead atoms. The summed E-state index contributed by atoms with van der Waals surface area (Å²) in [6.07, 6.45) is -0.713. The summed E-state index contributed by atoms with van der Waals surface area (Å²) in [5.41, 5.74) is 2.77. The van der Waals surface area contributed by atoms with Gasteiger partial charge in [0.05, 0.1) is 0 Å². The lowest BCUT2D eigenvalue weighted by molar-refractivity contribution is 0.0311. The number of hydrogen-bond acceptors (Lipinski definition) is 4. The Balaban J connectivity index is 3.58. The highest BCUT2D eigenvalue weighted by atomic mass is 16.6. The van der Waals surface area contributed by atoms with Crippen molar-refractivity contribution in [3.05, 3.63) is 0 Å². The Bertz CT molecular complexity index is 119. The van der Waals surface area contributed by atoms with Crippen molar-refractivity contribution in [2.24, 2.45) is 0 Å². The minimum Gasteiger partial charge on any atom is -0.443 e. The van der Waals surface area contributed by atoms with E-state index in [0.717, 1.165) is 0 Å². The lowest BCUT2D eigenvalue weighted by atomic mass is 10.2. The molecule has 5 nitrogen and oxygen atoms in total. The van der Waals surface area contributed by atoms with E-state index in [1.54, 1.807) is 20.8 Å². The largest absolute Gasteiger partial charge is 0.443 e. The Morgan fingerprint density at radius 2 is 2.00 bits per heavy atom. The van der Waals surface area contributed by atoms with Crippen LogP contribution < -0.4 is 11.0 Å². The van der Waals surface area contributed by atoms with E-state index >= 15 is 0 Å². The third kappa shape index (κ3) is 5.33. The maximum Gasteiger partial charge on any atom is 0.423 e. The van der Waals surface area contributed by atoms with Gasteiger partial charge >= 0.3 is 6.09 Å². The molecule has 0 radical (unpaired) electrons. The first-order chi connectivity index (χ1) is 4.45. The molecular weight excluding hydrogens is 136 g/mol. The van der Waals surface area contributed by atoms with E-state index in [4.69, 9.17) is 9.94 Å². The molecule has 5 heteroatoms. The quantitative estimate of drug-likeness (QED) is 0.471. The van der Waals surface area contributed by atoms with Gasteiger partial charge in [0.15, 0.2) is 0 Å². The van der Waals surface area contributed by atoms with Gasteiger partial charge in [0.25, 0.3) is 0 Å². The van der Waals surface area contributed by atoms with E-state index in [2.05, 4.69) is 0 Å². The van der Waals surface area contributed by atoms with Crippen LogP contribution in [0.3, 0.4) is 0 Å². The van der Waals surface area contributed by atoms with E-state index in [0.29, 0.717) is 0 Å². The number of nitrogens with one attached hydrogen (secondary N) is 2. The average Bonchev–Trinajstić information content (AvgIpc) is 1.59. The molecule has 0 aromatic carbocycles. The molecule has 0 rings (SSSR count). The zero-order valence-electron chi connectivity index (χ0n) is 6.26. The first kappa shape index (κ1) is 9.19.